The number of amides is 2. The second-order valence-electron chi connectivity index (χ2n) is 6.59. The van der Waals surface area contributed by atoms with Crippen molar-refractivity contribution in [2.24, 2.45) is 11.8 Å². The predicted molar refractivity (Wildman–Crippen MR) is 87.9 cm³/mol. The Bertz CT molecular complexity index is 517. The van der Waals surface area contributed by atoms with E-state index in [1.165, 1.54) is 18.2 Å². The highest BCUT2D eigenvalue weighted by molar-refractivity contribution is 5.92. The van der Waals surface area contributed by atoms with E-state index >= 15 is 0 Å². The first-order chi connectivity index (χ1) is 10.4. The minimum atomic E-state index is -0.103. The van der Waals surface area contributed by atoms with Crippen LogP contribution in [0.4, 0.5) is 11.4 Å². The monoisotopic (exact) mass is 304 g/mol. The van der Waals surface area contributed by atoms with Crippen molar-refractivity contribution in [2.75, 3.05) is 30.3 Å². The van der Waals surface area contributed by atoms with Crippen LogP contribution in [0.3, 0.4) is 0 Å². The number of nitrogens with one attached hydrogen (secondary N) is 3. The van der Waals surface area contributed by atoms with Gasteiger partial charge in [0.1, 0.15) is 0 Å². The number of rotatable bonds is 4. The summed E-state index contributed by atoms with van der Waals surface area (Å²) in [7, 11) is 0. The van der Waals surface area contributed by atoms with E-state index in [9.17, 15) is 9.59 Å². The summed E-state index contributed by atoms with van der Waals surface area (Å²) < 4.78 is 0. The Morgan fingerprint density at radius 2 is 1.55 bits per heavy atom. The lowest BCUT2D eigenvalue weighted by molar-refractivity contribution is -0.904. The van der Waals surface area contributed by atoms with E-state index in [-0.39, 0.29) is 11.8 Å². The Balaban J connectivity index is 1.85. The molecule has 1 aliphatic heterocycles. The molecule has 1 aromatic carbocycles. The van der Waals surface area contributed by atoms with Crippen LogP contribution < -0.4 is 15.5 Å². The number of anilines is 2. The van der Waals surface area contributed by atoms with Gasteiger partial charge in [0.15, 0.2) is 6.54 Å². The Kier molecular flexibility index (Phi) is 5.55. The third-order valence-corrected chi connectivity index (χ3v) is 3.98. The van der Waals surface area contributed by atoms with Crippen LogP contribution in [0.2, 0.25) is 0 Å². The van der Waals surface area contributed by atoms with E-state index < -0.39 is 0 Å². The van der Waals surface area contributed by atoms with Crippen LogP contribution in [0.5, 0.6) is 0 Å². The van der Waals surface area contributed by atoms with Gasteiger partial charge in [-0.05, 0) is 30.7 Å². The molecule has 1 aromatic rings. The molecule has 0 saturated carbocycles. The van der Waals surface area contributed by atoms with Gasteiger partial charge < -0.3 is 15.5 Å². The van der Waals surface area contributed by atoms with Crippen LogP contribution in [-0.4, -0.2) is 31.4 Å². The van der Waals surface area contributed by atoms with Crippen molar-refractivity contribution in [1.82, 2.24) is 0 Å². The van der Waals surface area contributed by atoms with Gasteiger partial charge in [0.05, 0.1) is 13.1 Å². The molecule has 5 nitrogen and oxygen atoms in total. The van der Waals surface area contributed by atoms with Gasteiger partial charge in [-0.25, -0.2) is 0 Å². The highest BCUT2D eigenvalue weighted by atomic mass is 16.2. The summed E-state index contributed by atoms with van der Waals surface area (Å²) in [5, 5.41) is 5.63. The van der Waals surface area contributed by atoms with Crippen molar-refractivity contribution >= 4 is 23.2 Å². The SMILES string of the molecule is CC(=O)Nc1ccc(NC(=O)C[NH+]2C[C@H](C)C[C@H](C)C2)cc1. The average molecular weight is 304 g/mol. The first-order valence-electron chi connectivity index (χ1n) is 7.93. The first kappa shape index (κ1) is 16.5. The van der Waals surface area contributed by atoms with Gasteiger partial charge in [-0.2, -0.15) is 0 Å². The number of quaternary nitrogens is 1. The number of benzene rings is 1. The van der Waals surface area contributed by atoms with Crippen LogP contribution in [0, 0.1) is 11.8 Å². The van der Waals surface area contributed by atoms with E-state index in [0.717, 1.165) is 24.5 Å². The molecule has 3 atom stereocenters. The fourth-order valence-corrected chi connectivity index (χ4v) is 3.34. The lowest BCUT2D eigenvalue weighted by Gasteiger charge is -2.31. The molecule has 1 unspecified atom stereocenters. The van der Waals surface area contributed by atoms with Gasteiger partial charge in [-0.15, -0.1) is 0 Å². The maximum absolute atomic E-state index is 12.2. The van der Waals surface area contributed by atoms with Crippen molar-refractivity contribution in [2.45, 2.75) is 27.2 Å². The van der Waals surface area contributed by atoms with Crippen molar-refractivity contribution in [3.8, 4) is 0 Å². The molecule has 1 aliphatic rings. The van der Waals surface area contributed by atoms with Gasteiger partial charge >= 0.3 is 0 Å². The van der Waals surface area contributed by atoms with Gasteiger partial charge in [0.2, 0.25) is 5.91 Å². The van der Waals surface area contributed by atoms with Crippen LogP contribution in [0.15, 0.2) is 24.3 Å². The second-order valence-corrected chi connectivity index (χ2v) is 6.59. The molecule has 120 valence electrons. The maximum atomic E-state index is 12.2. The molecule has 2 amide bonds. The van der Waals surface area contributed by atoms with Gasteiger partial charge in [0.25, 0.3) is 5.91 Å². The van der Waals surface area contributed by atoms with Gasteiger partial charge in [0, 0.05) is 30.1 Å². The molecule has 2 rings (SSSR count). The lowest BCUT2D eigenvalue weighted by atomic mass is 9.92. The summed E-state index contributed by atoms with van der Waals surface area (Å²) in [6, 6.07) is 7.18. The van der Waals surface area contributed by atoms with Gasteiger partial charge in [-0.1, -0.05) is 13.8 Å². The highest BCUT2D eigenvalue weighted by Gasteiger charge is 2.26. The summed E-state index contributed by atoms with van der Waals surface area (Å²) in [6.07, 6.45) is 1.26. The largest absolute Gasteiger partial charge is 0.327 e. The second kappa shape index (κ2) is 7.40. The quantitative estimate of drug-likeness (QED) is 0.781. The Hall–Kier alpha value is -1.88. The lowest BCUT2D eigenvalue weighted by Crippen LogP contribution is -3.15. The average Bonchev–Trinajstić information content (AvgIpc) is 2.39. The zero-order valence-corrected chi connectivity index (χ0v) is 13.6. The fraction of sp³-hybridized carbons (Fsp3) is 0.529. The van der Waals surface area contributed by atoms with Crippen LogP contribution >= 0.6 is 0 Å². The van der Waals surface area contributed by atoms with Crippen molar-refractivity contribution in [3.63, 3.8) is 0 Å². The van der Waals surface area contributed by atoms with Gasteiger partial charge in [-0.3, -0.25) is 9.59 Å². The zero-order chi connectivity index (χ0) is 16.1. The number of hydrogen-bond donors (Lipinski definition) is 3. The molecule has 22 heavy (non-hydrogen) atoms. The van der Waals surface area contributed by atoms with Crippen LogP contribution in [-0.2, 0) is 9.59 Å². The number of carbonyl (C=O) groups excluding carboxylic acids is 2. The molecule has 1 heterocycles. The molecule has 0 aromatic heterocycles. The topological polar surface area (TPSA) is 62.6 Å². The van der Waals surface area contributed by atoms with E-state index in [0.29, 0.717) is 18.4 Å². The number of hydrogen-bond acceptors (Lipinski definition) is 2. The molecule has 5 heteroatoms. The van der Waals surface area contributed by atoms with Crippen molar-refractivity contribution in [1.29, 1.82) is 0 Å². The molecule has 1 fully saturated rings. The van der Waals surface area contributed by atoms with Crippen LogP contribution in [0.1, 0.15) is 27.2 Å². The Morgan fingerprint density at radius 3 is 2.05 bits per heavy atom. The first-order valence-corrected chi connectivity index (χ1v) is 7.93. The smallest absolute Gasteiger partial charge is 0.279 e. The van der Waals surface area contributed by atoms with Crippen molar-refractivity contribution < 1.29 is 14.5 Å². The van der Waals surface area contributed by atoms with E-state index in [2.05, 4.69) is 24.5 Å². The number of carbonyl (C=O) groups is 2. The normalized spacial score (nSPS) is 24.6. The van der Waals surface area contributed by atoms with E-state index in [1.807, 2.05) is 0 Å². The molecule has 1 saturated heterocycles. The molecule has 0 radical (unpaired) electrons. The Labute approximate surface area is 132 Å². The Morgan fingerprint density at radius 1 is 1.05 bits per heavy atom. The van der Waals surface area contributed by atoms with E-state index in [4.69, 9.17) is 0 Å². The van der Waals surface area contributed by atoms with Crippen molar-refractivity contribution in [3.05, 3.63) is 24.3 Å². The fourth-order valence-electron chi connectivity index (χ4n) is 3.34. The molecule has 0 bridgehead atoms. The maximum Gasteiger partial charge on any atom is 0.279 e. The number of likely N-dealkylation sites (tertiary alicyclic amines) is 1. The third kappa shape index (κ3) is 5.15. The minimum absolute atomic E-state index is 0.0450. The molecule has 0 spiro atoms. The summed E-state index contributed by atoms with van der Waals surface area (Å²) in [4.78, 5) is 24.5. The summed E-state index contributed by atoms with van der Waals surface area (Å²) in [5.74, 6) is 1.31. The predicted octanol–water partition coefficient (Wildman–Crippen LogP) is 1.14. The standard InChI is InChI=1S/C17H25N3O2/c1-12-8-13(2)10-20(9-12)11-17(22)19-16-6-4-15(5-7-16)18-14(3)21/h4-7,12-13H,8-11H2,1-3H3,(H,18,21)(H,19,22)/p+1/t12-,13+. The molecular formula is C17H26N3O2+. The van der Waals surface area contributed by atoms with Crippen LogP contribution in [0.25, 0.3) is 0 Å². The molecular weight excluding hydrogens is 278 g/mol. The third-order valence-electron chi connectivity index (χ3n) is 3.98. The highest BCUT2D eigenvalue weighted by Crippen LogP contribution is 2.14. The van der Waals surface area contributed by atoms with E-state index in [1.54, 1.807) is 24.3 Å². The summed E-state index contributed by atoms with van der Waals surface area (Å²) >= 11 is 0. The molecule has 3 N–H and O–H groups in total. The summed E-state index contributed by atoms with van der Waals surface area (Å²) in [6.45, 7) is 8.64. The zero-order valence-electron chi connectivity index (χ0n) is 13.6. The summed E-state index contributed by atoms with van der Waals surface area (Å²) in [5.41, 5.74) is 1.49. The minimum Gasteiger partial charge on any atom is -0.327 e. The number of piperidine rings is 1. The molecule has 0 aliphatic carbocycles.